The van der Waals surface area contributed by atoms with Gasteiger partial charge in [0.2, 0.25) is 0 Å². The van der Waals surface area contributed by atoms with E-state index in [1.165, 1.54) is 12.1 Å². The maximum absolute atomic E-state index is 12.3. The Kier molecular flexibility index (Phi) is 4.75. The van der Waals surface area contributed by atoms with Gasteiger partial charge in [0, 0.05) is 12.5 Å². The molecule has 0 aliphatic heterocycles. The van der Waals surface area contributed by atoms with E-state index in [-0.39, 0.29) is 18.6 Å². The third kappa shape index (κ3) is 4.10. The summed E-state index contributed by atoms with van der Waals surface area (Å²) in [6.45, 7) is 0. The summed E-state index contributed by atoms with van der Waals surface area (Å²) in [4.78, 5) is 30.8. The van der Waals surface area contributed by atoms with Gasteiger partial charge in [-0.3, -0.25) is 9.36 Å². The molecule has 2 aromatic carbocycles. The van der Waals surface area contributed by atoms with E-state index in [2.05, 4.69) is 0 Å². The fraction of sp³-hybridized carbons (Fsp3) is 0.133. The van der Waals surface area contributed by atoms with Gasteiger partial charge in [-0.2, -0.15) is 0 Å². The Labute approximate surface area is 131 Å². The molecule has 5 N–H and O–H groups in total. The largest absolute Gasteiger partial charge is 0.508 e. The van der Waals surface area contributed by atoms with Gasteiger partial charge < -0.3 is 25.1 Å². The van der Waals surface area contributed by atoms with Crippen LogP contribution in [0.4, 0.5) is 0 Å². The summed E-state index contributed by atoms with van der Waals surface area (Å²) >= 11 is 0. The lowest BCUT2D eigenvalue weighted by Gasteiger charge is -2.12. The average Bonchev–Trinajstić information content (AvgIpc) is 2.44. The molecule has 0 aliphatic carbocycles. The second-order valence-electron chi connectivity index (χ2n) is 4.99. The van der Waals surface area contributed by atoms with Crippen LogP contribution in [0.1, 0.15) is 22.3 Å². The molecule has 0 amide bonds. The van der Waals surface area contributed by atoms with Gasteiger partial charge in [-0.15, -0.1) is 0 Å². The van der Waals surface area contributed by atoms with Crippen molar-refractivity contribution in [2.75, 3.05) is 0 Å². The summed E-state index contributed by atoms with van der Waals surface area (Å²) in [6.07, 6.45) is 0.163. The van der Waals surface area contributed by atoms with Crippen LogP contribution in [0.5, 0.6) is 17.2 Å². The minimum Gasteiger partial charge on any atom is -0.508 e. The molecule has 122 valence electrons. The Morgan fingerprint density at radius 2 is 1.57 bits per heavy atom. The summed E-state index contributed by atoms with van der Waals surface area (Å²) in [6, 6.07) is 7.77. The van der Waals surface area contributed by atoms with Gasteiger partial charge in [0.15, 0.2) is 5.78 Å². The molecule has 0 heterocycles. The molecule has 0 fully saturated rings. The molecule has 0 aromatic heterocycles. The fourth-order valence-corrected chi connectivity index (χ4v) is 2.99. The smallest absolute Gasteiger partial charge is 0.357 e. The van der Waals surface area contributed by atoms with Crippen LogP contribution in [-0.4, -0.2) is 30.9 Å². The maximum atomic E-state index is 12.3. The van der Waals surface area contributed by atoms with Crippen LogP contribution in [0.3, 0.4) is 0 Å². The first-order valence-corrected chi connectivity index (χ1v) is 8.23. The molecule has 0 saturated carbocycles. The van der Waals surface area contributed by atoms with Crippen molar-refractivity contribution in [1.29, 1.82) is 0 Å². The van der Waals surface area contributed by atoms with Crippen LogP contribution in [0, 0.1) is 0 Å². The minimum atomic E-state index is -4.84. The van der Waals surface area contributed by atoms with Gasteiger partial charge in [-0.1, -0.05) is 12.1 Å². The number of aromatic hydroxyl groups is 3. The van der Waals surface area contributed by atoms with Crippen LogP contribution >= 0.6 is 7.60 Å². The Bertz CT molecular complexity index is 777. The van der Waals surface area contributed by atoms with Gasteiger partial charge >= 0.3 is 7.60 Å². The summed E-state index contributed by atoms with van der Waals surface area (Å²) < 4.78 is 11.5. The number of phenols is 3. The number of rotatable bonds is 5. The number of carbonyl (C=O) groups excluding carboxylic acids is 1. The van der Waals surface area contributed by atoms with Crippen LogP contribution < -0.4 is 5.30 Å². The molecule has 2 aromatic rings. The zero-order valence-corrected chi connectivity index (χ0v) is 12.8. The predicted octanol–water partition coefficient (Wildman–Crippen LogP) is 1.42. The second kappa shape index (κ2) is 6.42. The SMILES string of the molecule is O=C(CCc1ccc(O)cc1)c1c(O)cc(O)cc1P(=O)(O)O. The zero-order valence-electron chi connectivity index (χ0n) is 11.9. The molecule has 0 saturated heterocycles. The first-order chi connectivity index (χ1) is 10.7. The fourth-order valence-electron chi connectivity index (χ4n) is 2.16. The van der Waals surface area contributed by atoms with E-state index in [1.807, 2.05) is 0 Å². The average molecular weight is 338 g/mol. The highest BCUT2D eigenvalue weighted by Gasteiger charge is 2.28. The number of ketones is 1. The number of carbonyl (C=O) groups is 1. The van der Waals surface area contributed by atoms with Crippen LogP contribution in [0.15, 0.2) is 36.4 Å². The van der Waals surface area contributed by atoms with Crippen molar-refractivity contribution in [1.82, 2.24) is 0 Å². The Morgan fingerprint density at radius 3 is 2.13 bits per heavy atom. The number of Topliss-reactive ketones (excluding diaryl/α,β-unsaturated/α-hetero) is 1. The molecule has 0 spiro atoms. The molecule has 0 radical (unpaired) electrons. The second-order valence-corrected chi connectivity index (χ2v) is 6.56. The molecule has 7 nitrogen and oxygen atoms in total. The number of hydrogen-bond donors (Lipinski definition) is 5. The maximum Gasteiger partial charge on any atom is 0.357 e. The summed E-state index contributed by atoms with van der Waals surface area (Å²) in [7, 11) is -4.84. The highest BCUT2D eigenvalue weighted by molar-refractivity contribution is 7.60. The first kappa shape index (κ1) is 17.0. The monoisotopic (exact) mass is 338 g/mol. The molecule has 8 heteroatoms. The molecular weight excluding hydrogens is 323 g/mol. The molecule has 2 rings (SSSR count). The lowest BCUT2D eigenvalue weighted by Crippen LogP contribution is -2.17. The molecule has 0 atom stereocenters. The molecule has 23 heavy (non-hydrogen) atoms. The van der Waals surface area contributed by atoms with Gasteiger partial charge in [0.05, 0.1) is 10.9 Å². The van der Waals surface area contributed by atoms with E-state index in [1.54, 1.807) is 12.1 Å². The standard InChI is InChI=1S/C15H15O7P/c16-10-4-1-9(2-5-10)3-6-12(18)15-13(19)7-11(17)8-14(15)23(20,21)22/h1-2,4-5,7-8,16-17,19H,3,6H2,(H2,20,21,22). The van der Waals surface area contributed by atoms with Crippen LogP contribution in [0.2, 0.25) is 0 Å². The van der Waals surface area contributed by atoms with Gasteiger partial charge in [0.1, 0.15) is 17.2 Å². The number of aryl methyl sites for hydroxylation is 1. The van der Waals surface area contributed by atoms with E-state index in [9.17, 15) is 34.5 Å². The summed E-state index contributed by atoms with van der Waals surface area (Å²) in [5.74, 6) is -1.80. The molecule has 0 unspecified atom stereocenters. The van der Waals surface area contributed by atoms with Crippen LogP contribution in [0.25, 0.3) is 0 Å². The van der Waals surface area contributed by atoms with Gasteiger partial charge in [-0.25, -0.2) is 0 Å². The van der Waals surface area contributed by atoms with E-state index in [0.717, 1.165) is 17.7 Å². The van der Waals surface area contributed by atoms with E-state index >= 15 is 0 Å². The molecule has 0 bridgehead atoms. The normalized spacial score (nSPS) is 11.4. The van der Waals surface area contributed by atoms with Crippen molar-refractivity contribution in [3.8, 4) is 17.2 Å². The van der Waals surface area contributed by atoms with Gasteiger partial charge in [-0.05, 0) is 30.2 Å². The van der Waals surface area contributed by atoms with Gasteiger partial charge in [0.25, 0.3) is 0 Å². The summed E-state index contributed by atoms with van der Waals surface area (Å²) in [5, 5.41) is 27.6. The quantitative estimate of drug-likeness (QED) is 0.411. The minimum absolute atomic E-state index is 0.0834. The third-order valence-corrected chi connectivity index (χ3v) is 4.23. The first-order valence-electron chi connectivity index (χ1n) is 6.61. The highest BCUT2D eigenvalue weighted by Crippen LogP contribution is 2.39. The zero-order chi connectivity index (χ0) is 17.2. The molecular formula is C15H15O7P. The Balaban J connectivity index is 2.28. The van der Waals surface area contributed by atoms with Crippen molar-refractivity contribution >= 4 is 18.7 Å². The Hall–Kier alpha value is -2.34. The van der Waals surface area contributed by atoms with Crippen molar-refractivity contribution in [2.24, 2.45) is 0 Å². The predicted molar refractivity (Wildman–Crippen MR) is 82.2 cm³/mol. The topological polar surface area (TPSA) is 135 Å². The Morgan fingerprint density at radius 1 is 0.957 bits per heavy atom. The van der Waals surface area contributed by atoms with E-state index in [0.29, 0.717) is 0 Å². The van der Waals surface area contributed by atoms with E-state index < -0.39 is 35.7 Å². The number of hydrogen-bond acceptors (Lipinski definition) is 5. The highest BCUT2D eigenvalue weighted by atomic mass is 31.2. The summed E-state index contributed by atoms with van der Waals surface area (Å²) in [5.41, 5.74) is 0.252. The van der Waals surface area contributed by atoms with Crippen LogP contribution in [-0.2, 0) is 11.0 Å². The van der Waals surface area contributed by atoms with Crippen molar-refractivity contribution in [2.45, 2.75) is 12.8 Å². The number of phenolic OH excluding ortho intramolecular Hbond substituents is 3. The number of benzene rings is 2. The van der Waals surface area contributed by atoms with Crippen molar-refractivity contribution in [3.05, 3.63) is 47.5 Å². The lowest BCUT2D eigenvalue weighted by atomic mass is 10.0. The van der Waals surface area contributed by atoms with Crippen molar-refractivity contribution in [3.63, 3.8) is 0 Å². The van der Waals surface area contributed by atoms with E-state index in [4.69, 9.17) is 0 Å². The van der Waals surface area contributed by atoms with Crippen molar-refractivity contribution < 1.29 is 34.5 Å². The third-order valence-electron chi connectivity index (χ3n) is 3.25. The molecule has 0 aliphatic rings. The lowest BCUT2D eigenvalue weighted by molar-refractivity contribution is 0.0981.